The van der Waals surface area contributed by atoms with Gasteiger partial charge in [0, 0.05) is 39.2 Å². The zero-order chi connectivity index (χ0) is 75.6. The van der Waals surface area contributed by atoms with E-state index in [0.29, 0.717) is 12.2 Å². The molecule has 0 saturated carbocycles. The normalized spacial score (nSPS) is 18.4. The van der Waals surface area contributed by atoms with Crippen LogP contribution in [0.15, 0.2) is 224 Å². The molecule has 1 aliphatic heterocycles. The molecule has 9 heteroatoms. The van der Waals surface area contributed by atoms with Gasteiger partial charge in [0.15, 0.2) is 5.60 Å². The number of ether oxygens (including phenoxy) is 1. The number of carboxylic acid groups (broad SMARTS) is 2. The Balaban J connectivity index is 0.000000427. The highest BCUT2D eigenvalue weighted by molar-refractivity contribution is 14.0. The first-order chi connectivity index (χ1) is 48.1. The number of benzene rings is 9. The van der Waals surface area contributed by atoms with Gasteiger partial charge in [-0.15, -0.1) is 24.0 Å². The summed E-state index contributed by atoms with van der Waals surface area (Å²) in [7, 11) is 0. The van der Waals surface area contributed by atoms with Crippen LogP contribution in [0.25, 0.3) is 27.5 Å². The maximum absolute atomic E-state index is 12.1. The van der Waals surface area contributed by atoms with Gasteiger partial charge in [0.2, 0.25) is 0 Å². The van der Waals surface area contributed by atoms with Crippen LogP contribution in [0.2, 0.25) is 0 Å². The number of phenols is 1. The van der Waals surface area contributed by atoms with Gasteiger partial charge in [-0.2, -0.15) is 0 Å². The summed E-state index contributed by atoms with van der Waals surface area (Å²) < 4.78 is 5.98. The van der Waals surface area contributed by atoms with Gasteiger partial charge in [-0.05, 0) is 94.6 Å². The van der Waals surface area contributed by atoms with Gasteiger partial charge in [0.05, 0.1) is 19.3 Å². The molecular weight excluding hydrogens is 1360 g/mol. The van der Waals surface area contributed by atoms with Crippen LogP contribution < -0.4 is 0 Å². The molecule has 101 heavy (non-hydrogen) atoms. The largest absolute Gasteiger partial charge is 0.507 e. The van der Waals surface area contributed by atoms with Gasteiger partial charge in [-0.1, -0.05) is 378 Å². The Hall–Kier alpha value is -8.12. The molecule has 4 aliphatic carbocycles. The summed E-state index contributed by atoms with van der Waals surface area (Å²) in [5, 5.41) is 42.7. The van der Waals surface area contributed by atoms with Crippen LogP contribution in [-0.2, 0) is 52.0 Å². The monoisotopic (exact) mass is 1480 g/mol. The lowest BCUT2D eigenvalue weighted by Crippen LogP contribution is -2.40. The average molecular weight is 1480 g/mol. The Labute approximate surface area is 625 Å². The Morgan fingerprint density at radius 2 is 0.812 bits per heavy atom. The topological polar surface area (TPSA) is 141 Å². The minimum atomic E-state index is -1.28. The second kappa shape index (κ2) is 40.5. The number of hydrogen-bond acceptors (Lipinski definition) is 6. The quantitative estimate of drug-likeness (QED) is 0.0913. The van der Waals surface area contributed by atoms with Crippen LogP contribution in [-0.4, -0.2) is 38.3 Å². The van der Waals surface area contributed by atoms with E-state index in [1.165, 1.54) is 33.4 Å². The Morgan fingerprint density at radius 3 is 1.30 bits per heavy atom. The number of fused-ring (bicyclic) bond motifs is 10. The molecule has 4 atom stereocenters. The van der Waals surface area contributed by atoms with Gasteiger partial charge >= 0.3 is 17.9 Å². The second-order valence-corrected chi connectivity index (χ2v) is 25.1. The fourth-order valence-corrected chi connectivity index (χ4v) is 15.0. The summed E-state index contributed by atoms with van der Waals surface area (Å²) in [5.74, 6) is -1.65. The smallest absolute Gasteiger partial charge is 0.307 e. The molecule has 4 N–H and O–H groups in total. The molecule has 1 saturated heterocycles. The van der Waals surface area contributed by atoms with Gasteiger partial charge in [-0.25, -0.2) is 0 Å². The van der Waals surface area contributed by atoms with E-state index in [9.17, 15) is 34.8 Å². The molecule has 0 radical (unpaired) electrons. The summed E-state index contributed by atoms with van der Waals surface area (Å²) in [6, 6.07) is 72.6. The summed E-state index contributed by atoms with van der Waals surface area (Å²) >= 11 is 0. The highest BCUT2D eigenvalue weighted by Gasteiger charge is 2.64. The molecule has 1 fully saturated rings. The van der Waals surface area contributed by atoms with Crippen molar-refractivity contribution in [1.29, 1.82) is 0 Å². The lowest BCUT2D eigenvalue weighted by atomic mass is 9.70. The fraction of sp³-hybridized carbons (Fsp3) is 0.380. The fourth-order valence-electron chi connectivity index (χ4n) is 15.0. The first kappa shape index (κ1) is 89.0. The van der Waals surface area contributed by atoms with E-state index in [2.05, 4.69) is 126 Å². The lowest BCUT2D eigenvalue weighted by Gasteiger charge is -2.36. The summed E-state index contributed by atoms with van der Waals surface area (Å²) in [4.78, 5) is 34.8. The minimum absolute atomic E-state index is 0. The number of carboxylic acids is 2. The molecule has 8 nitrogen and oxygen atoms in total. The molecule has 5 aliphatic rings. The number of esters is 1. The molecule has 0 spiro atoms. The first-order valence-electron chi connectivity index (χ1n) is 37.0. The van der Waals surface area contributed by atoms with Gasteiger partial charge in [-0.3, -0.25) is 14.4 Å². The average Bonchev–Trinajstić information content (AvgIpc) is 1.54. The SMILES string of the molecule is CC.CC.CC.CC.CC.CC.CC.CC.CC1(C)C(CC(=O)O)=C(c2ccccc2)c2ccccc21.CC1(C)c2ccccc2-c2c1cc(O)c1ccccc21.CC1(C)c2ccccc2C(O)(c2ccccc2)C1CC(=O)O.CC1(C)c2ccccc2C2(c3ccccc3)OC(=O)CC12.I. The van der Waals surface area contributed by atoms with Crippen molar-refractivity contribution in [3.63, 3.8) is 0 Å². The Bertz CT molecular complexity index is 4050. The third-order valence-electron chi connectivity index (χ3n) is 19.1. The van der Waals surface area contributed by atoms with Crippen molar-refractivity contribution in [3.05, 3.63) is 285 Å². The van der Waals surface area contributed by atoms with Gasteiger partial charge in [0.25, 0.3) is 0 Å². The van der Waals surface area contributed by atoms with Crippen molar-refractivity contribution in [2.75, 3.05) is 0 Å². The number of halogens is 1. The molecule has 1 heterocycles. The van der Waals surface area contributed by atoms with Gasteiger partial charge in [0.1, 0.15) is 11.4 Å². The number of phenolic OH excluding ortho intramolecular Hbond substituents is 1. The van der Waals surface area contributed by atoms with E-state index in [0.717, 1.165) is 60.9 Å². The molecule has 9 aromatic carbocycles. The molecule has 4 unspecified atom stereocenters. The number of carbonyl (C=O) groups is 3. The van der Waals surface area contributed by atoms with Crippen LogP contribution in [0.4, 0.5) is 0 Å². The summed E-state index contributed by atoms with van der Waals surface area (Å²) in [6.45, 7) is 49.2. The van der Waals surface area contributed by atoms with Crippen LogP contribution in [0, 0.1) is 11.8 Å². The zero-order valence-corrected chi connectivity index (χ0v) is 67.7. The molecular formula is C92H121IO8. The minimum Gasteiger partial charge on any atom is -0.507 e. The highest BCUT2D eigenvalue weighted by atomic mass is 127. The first-order valence-corrected chi connectivity index (χ1v) is 37.0. The maximum Gasteiger partial charge on any atom is 0.307 e. The third kappa shape index (κ3) is 17.9. The van der Waals surface area contributed by atoms with E-state index in [-0.39, 0.29) is 65.0 Å². The molecule has 9 aromatic rings. The third-order valence-corrected chi connectivity index (χ3v) is 19.1. The number of aliphatic hydroxyl groups is 1. The summed E-state index contributed by atoms with van der Waals surface area (Å²) in [6.07, 6.45) is 0.482. The lowest BCUT2D eigenvalue weighted by molar-refractivity contribution is -0.147. The number of hydrogen-bond donors (Lipinski definition) is 4. The molecule has 0 aromatic heterocycles. The van der Waals surface area contributed by atoms with E-state index in [4.69, 9.17) is 4.74 Å². The number of rotatable bonds is 7. The van der Waals surface area contributed by atoms with Crippen molar-refractivity contribution in [2.24, 2.45) is 11.8 Å². The Kier molecular flexibility index (Phi) is 35.7. The maximum atomic E-state index is 12.1. The van der Waals surface area contributed by atoms with Crippen molar-refractivity contribution in [1.82, 2.24) is 0 Å². The van der Waals surface area contributed by atoms with Crippen molar-refractivity contribution in [2.45, 2.75) is 218 Å². The number of carbonyl (C=O) groups excluding carboxylic acids is 1. The van der Waals surface area contributed by atoms with Crippen molar-refractivity contribution < 1.29 is 39.5 Å². The van der Waals surface area contributed by atoms with Crippen molar-refractivity contribution >= 4 is 58.2 Å². The molecule has 14 rings (SSSR count). The number of aliphatic carboxylic acids is 2. The standard InChI is InChI=1S/C19H20O3.2C19H18O2.C19H16O.8C2H6.HI/c1-18(2)14-10-6-7-11-15(14)19(22,16(18)12-17(20)21)13-8-4-3-5-9-13;1-18(2)14-10-6-7-11-15(14)19(13-8-4-3-5-9-13)16(18)12-17(20)21-19;1-19(2)15-11-7-6-10-14(15)18(16(19)12-17(20)21)13-8-4-3-5-9-13;1-19(2)15-10-6-5-9-14(15)18-13-8-4-3-7-12(13)17(20)11-16(18)19;8*1-2;/h3-11,16,22H,12H2,1-2H3,(H,20,21);3-11,16H,12H2,1-2H3;3-11H,12H2,1-2H3,(H,20,21);3-11,20H,1-2H3;8*1-2H3;1H. The molecule has 0 bridgehead atoms. The van der Waals surface area contributed by atoms with Crippen LogP contribution in [0.5, 0.6) is 5.75 Å². The van der Waals surface area contributed by atoms with Crippen molar-refractivity contribution in [3.8, 4) is 16.9 Å². The zero-order valence-electron chi connectivity index (χ0n) is 65.4. The predicted octanol–water partition coefficient (Wildman–Crippen LogP) is 25.0. The predicted molar refractivity (Wildman–Crippen MR) is 439 cm³/mol. The number of aromatic hydroxyl groups is 1. The Morgan fingerprint density at radius 1 is 0.426 bits per heavy atom. The highest BCUT2D eigenvalue weighted by Crippen LogP contribution is 2.62. The summed E-state index contributed by atoms with van der Waals surface area (Å²) in [5.41, 5.74) is 14.1. The molecule has 544 valence electrons. The van der Waals surface area contributed by atoms with Crippen LogP contribution in [0.1, 0.15) is 247 Å². The van der Waals surface area contributed by atoms with E-state index in [1.54, 1.807) is 0 Å². The van der Waals surface area contributed by atoms with Crippen LogP contribution >= 0.6 is 24.0 Å². The van der Waals surface area contributed by atoms with E-state index < -0.39 is 34.5 Å². The van der Waals surface area contributed by atoms with Crippen LogP contribution in [0.3, 0.4) is 0 Å². The van der Waals surface area contributed by atoms with Gasteiger partial charge < -0.3 is 25.2 Å². The molecule has 0 amide bonds. The second-order valence-electron chi connectivity index (χ2n) is 25.1. The van der Waals surface area contributed by atoms with E-state index in [1.807, 2.05) is 258 Å². The van der Waals surface area contributed by atoms with E-state index >= 15 is 0 Å².